The number of methoxy groups -OCH3 is 1. The molecule has 0 heterocycles. The molecule has 0 amide bonds. The van der Waals surface area contributed by atoms with Crippen LogP contribution < -0.4 is 9.46 Å². The van der Waals surface area contributed by atoms with Crippen LogP contribution in [0.1, 0.15) is 12.5 Å². The van der Waals surface area contributed by atoms with Crippen molar-refractivity contribution < 1.29 is 28.2 Å². The number of hydrogen-bond acceptors (Lipinski definition) is 5. The van der Waals surface area contributed by atoms with Gasteiger partial charge in [-0.15, -0.1) is 0 Å². The summed E-state index contributed by atoms with van der Waals surface area (Å²) in [5.74, 6) is -1.37. The third-order valence-corrected chi connectivity index (χ3v) is 4.10. The quantitative estimate of drug-likeness (QED) is 0.688. The monoisotopic (exact) mass is 303 g/mol. The predicted molar refractivity (Wildman–Crippen MR) is 71.2 cm³/mol. The van der Waals surface area contributed by atoms with Crippen molar-refractivity contribution in [2.45, 2.75) is 30.9 Å². The second kappa shape index (κ2) is 6.21. The SMILES string of the molecule is COc1ccc(C)cc1S(=O)(=O)NC(C(=O)O)C(C)O. The summed E-state index contributed by atoms with van der Waals surface area (Å²) in [7, 11) is -2.82. The molecular weight excluding hydrogens is 286 g/mol. The highest BCUT2D eigenvalue weighted by molar-refractivity contribution is 7.89. The van der Waals surface area contributed by atoms with E-state index in [0.29, 0.717) is 5.56 Å². The van der Waals surface area contributed by atoms with E-state index in [2.05, 4.69) is 0 Å². The number of carboxylic acids is 1. The van der Waals surface area contributed by atoms with E-state index >= 15 is 0 Å². The summed E-state index contributed by atoms with van der Waals surface area (Å²) in [5, 5.41) is 18.3. The van der Waals surface area contributed by atoms with Crippen LogP contribution in [0.15, 0.2) is 23.1 Å². The molecule has 20 heavy (non-hydrogen) atoms. The molecule has 0 saturated carbocycles. The number of aliphatic hydroxyl groups is 1. The van der Waals surface area contributed by atoms with Gasteiger partial charge in [0.2, 0.25) is 10.0 Å². The number of aliphatic carboxylic acids is 1. The Balaban J connectivity index is 3.23. The summed E-state index contributed by atoms with van der Waals surface area (Å²) in [4.78, 5) is 10.8. The van der Waals surface area contributed by atoms with Crippen molar-refractivity contribution >= 4 is 16.0 Å². The molecule has 8 heteroatoms. The molecular formula is C12H17NO6S. The molecule has 0 aliphatic carbocycles. The maximum absolute atomic E-state index is 12.2. The zero-order valence-corrected chi connectivity index (χ0v) is 12.1. The van der Waals surface area contributed by atoms with Crippen LogP contribution in [-0.2, 0) is 14.8 Å². The van der Waals surface area contributed by atoms with E-state index in [9.17, 15) is 18.3 Å². The summed E-state index contributed by atoms with van der Waals surface area (Å²) in [6.45, 7) is 2.89. The number of aryl methyl sites for hydroxylation is 1. The van der Waals surface area contributed by atoms with E-state index in [0.717, 1.165) is 0 Å². The number of hydrogen-bond donors (Lipinski definition) is 3. The van der Waals surface area contributed by atoms with Gasteiger partial charge in [-0.1, -0.05) is 6.07 Å². The third kappa shape index (κ3) is 3.69. The maximum Gasteiger partial charge on any atom is 0.324 e. The molecule has 2 unspecified atom stereocenters. The fourth-order valence-electron chi connectivity index (χ4n) is 1.58. The minimum Gasteiger partial charge on any atom is -0.495 e. The molecule has 0 spiro atoms. The van der Waals surface area contributed by atoms with Crippen LogP contribution in [0.4, 0.5) is 0 Å². The molecule has 0 aliphatic rings. The summed E-state index contributed by atoms with van der Waals surface area (Å²) in [6.07, 6.45) is -1.38. The van der Waals surface area contributed by atoms with E-state index in [1.54, 1.807) is 13.0 Å². The third-order valence-electron chi connectivity index (χ3n) is 2.64. The van der Waals surface area contributed by atoms with Crippen LogP contribution in [0.25, 0.3) is 0 Å². The summed E-state index contributed by atoms with van der Waals surface area (Å²) < 4.78 is 31.3. The topological polar surface area (TPSA) is 113 Å². The molecule has 2 atom stereocenters. The fraction of sp³-hybridized carbons (Fsp3) is 0.417. The number of ether oxygens (including phenoxy) is 1. The van der Waals surface area contributed by atoms with E-state index in [-0.39, 0.29) is 10.6 Å². The fourth-order valence-corrected chi connectivity index (χ4v) is 3.10. The van der Waals surface area contributed by atoms with Crippen LogP contribution >= 0.6 is 0 Å². The number of aliphatic hydroxyl groups excluding tert-OH is 1. The molecule has 7 nitrogen and oxygen atoms in total. The lowest BCUT2D eigenvalue weighted by molar-refractivity contribution is -0.141. The van der Waals surface area contributed by atoms with Crippen molar-refractivity contribution in [3.8, 4) is 5.75 Å². The second-order valence-corrected chi connectivity index (χ2v) is 6.01. The molecule has 0 aromatic heterocycles. The van der Waals surface area contributed by atoms with Gasteiger partial charge in [-0.25, -0.2) is 8.42 Å². The zero-order chi connectivity index (χ0) is 15.5. The van der Waals surface area contributed by atoms with Crippen LogP contribution in [0.3, 0.4) is 0 Å². The Kier molecular flexibility index (Phi) is 5.09. The highest BCUT2D eigenvalue weighted by Gasteiger charge is 2.30. The van der Waals surface area contributed by atoms with Gasteiger partial charge in [0.1, 0.15) is 16.7 Å². The Morgan fingerprint density at radius 2 is 2.00 bits per heavy atom. The van der Waals surface area contributed by atoms with E-state index in [1.165, 1.54) is 26.2 Å². The number of rotatable bonds is 6. The first-order valence-corrected chi connectivity index (χ1v) is 7.25. The second-order valence-electron chi connectivity index (χ2n) is 4.33. The van der Waals surface area contributed by atoms with E-state index in [1.807, 2.05) is 4.72 Å². The van der Waals surface area contributed by atoms with Crippen molar-refractivity contribution in [2.75, 3.05) is 7.11 Å². The highest BCUT2D eigenvalue weighted by Crippen LogP contribution is 2.24. The summed E-state index contributed by atoms with van der Waals surface area (Å²) >= 11 is 0. The van der Waals surface area contributed by atoms with Gasteiger partial charge in [0.05, 0.1) is 13.2 Å². The van der Waals surface area contributed by atoms with Gasteiger partial charge in [-0.3, -0.25) is 4.79 Å². The van der Waals surface area contributed by atoms with Crippen LogP contribution in [0.5, 0.6) is 5.75 Å². The number of sulfonamides is 1. The average molecular weight is 303 g/mol. The molecule has 112 valence electrons. The first-order valence-electron chi connectivity index (χ1n) is 5.77. The number of benzene rings is 1. The highest BCUT2D eigenvalue weighted by atomic mass is 32.2. The smallest absolute Gasteiger partial charge is 0.324 e. The van der Waals surface area contributed by atoms with Crippen LogP contribution in [0.2, 0.25) is 0 Å². The average Bonchev–Trinajstić information content (AvgIpc) is 2.35. The van der Waals surface area contributed by atoms with Crippen molar-refractivity contribution in [1.82, 2.24) is 4.72 Å². The summed E-state index contributed by atoms with van der Waals surface area (Å²) in [5.41, 5.74) is 0.676. The molecule has 1 aromatic carbocycles. The van der Waals surface area contributed by atoms with Crippen molar-refractivity contribution in [3.05, 3.63) is 23.8 Å². The van der Waals surface area contributed by atoms with E-state index in [4.69, 9.17) is 9.84 Å². The van der Waals surface area contributed by atoms with Gasteiger partial charge in [0, 0.05) is 0 Å². The lowest BCUT2D eigenvalue weighted by atomic mass is 10.2. The van der Waals surface area contributed by atoms with Gasteiger partial charge in [-0.05, 0) is 31.5 Å². The first kappa shape index (κ1) is 16.4. The van der Waals surface area contributed by atoms with Gasteiger partial charge in [0.15, 0.2) is 0 Å². The Morgan fingerprint density at radius 1 is 1.40 bits per heavy atom. The Hall–Kier alpha value is -1.64. The van der Waals surface area contributed by atoms with Crippen molar-refractivity contribution in [1.29, 1.82) is 0 Å². The lowest BCUT2D eigenvalue weighted by Gasteiger charge is -2.18. The van der Waals surface area contributed by atoms with Gasteiger partial charge in [0.25, 0.3) is 0 Å². The minimum atomic E-state index is -4.13. The first-order chi connectivity index (χ1) is 9.19. The number of nitrogens with one attached hydrogen (secondary N) is 1. The van der Waals surface area contributed by atoms with Gasteiger partial charge in [-0.2, -0.15) is 4.72 Å². The number of carboxylic acid groups (broad SMARTS) is 1. The maximum atomic E-state index is 12.2. The Labute approximate surface area is 117 Å². The predicted octanol–water partition coefficient (Wildman–Crippen LogP) is 0.116. The molecule has 3 N–H and O–H groups in total. The van der Waals surface area contributed by atoms with Crippen LogP contribution in [0, 0.1) is 6.92 Å². The molecule has 0 radical (unpaired) electrons. The molecule has 0 aliphatic heterocycles. The summed E-state index contributed by atoms with van der Waals surface area (Å²) in [6, 6.07) is 2.87. The zero-order valence-electron chi connectivity index (χ0n) is 11.3. The van der Waals surface area contributed by atoms with Crippen LogP contribution in [-0.4, -0.2) is 43.9 Å². The minimum absolute atomic E-state index is 0.0952. The van der Waals surface area contributed by atoms with Gasteiger partial charge >= 0.3 is 5.97 Å². The molecule has 1 aromatic rings. The normalized spacial score (nSPS) is 14.6. The molecule has 0 fully saturated rings. The lowest BCUT2D eigenvalue weighted by Crippen LogP contribution is -2.47. The van der Waals surface area contributed by atoms with E-state index < -0.39 is 28.1 Å². The Morgan fingerprint density at radius 3 is 2.45 bits per heavy atom. The van der Waals surface area contributed by atoms with Gasteiger partial charge < -0.3 is 14.9 Å². The number of carbonyl (C=O) groups is 1. The molecule has 1 rings (SSSR count). The van der Waals surface area contributed by atoms with Crippen molar-refractivity contribution in [2.24, 2.45) is 0 Å². The van der Waals surface area contributed by atoms with Crippen molar-refractivity contribution in [3.63, 3.8) is 0 Å². The Bertz CT molecular complexity index is 596. The molecule has 0 saturated heterocycles. The standard InChI is InChI=1S/C12H17NO6S/c1-7-4-5-9(19-3)10(6-7)20(17,18)13-11(8(2)14)12(15)16/h4-6,8,11,13-14H,1-3H3,(H,15,16). The molecule has 0 bridgehead atoms. The largest absolute Gasteiger partial charge is 0.495 e.